The van der Waals surface area contributed by atoms with Gasteiger partial charge in [0.2, 0.25) is 0 Å². The molecule has 0 amide bonds. The lowest BCUT2D eigenvalue weighted by atomic mass is 10.1. The van der Waals surface area contributed by atoms with Gasteiger partial charge in [0.15, 0.2) is 5.43 Å². The Labute approximate surface area is 117 Å². The summed E-state index contributed by atoms with van der Waals surface area (Å²) in [6.07, 6.45) is 1.88. The van der Waals surface area contributed by atoms with Gasteiger partial charge in [0.25, 0.3) is 0 Å². The average Bonchev–Trinajstić information content (AvgIpc) is 2.37. The summed E-state index contributed by atoms with van der Waals surface area (Å²) < 4.78 is 2.01. The quantitative estimate of drug-likeness (QED) is 0.935. The molecule has 4 heteroatoms. The fourth-order valence-corrected chi connectivity index (χ4v) is 2.28. The molecule has 1 N–H and O–H groups in total. The third-order valence-electron chi connectivity index (χ3n) is 3.19. The van der Waals surface area contributed by atoms with E-state index in [1.54, 1.807) is 6.07 Å². The van der Waals surface area contributed by atoms with Gasteiger partial charge in [-0.1, -0.05) is 17.7 Å². The average molecular weight is 277 g/mol. The van der Waals surface area contributed by atoms with Gasteiger partial charge in [-0.2, -0.15) is 0 Å². The van der Waals surface area contributed by atoms with Crippen LogP contribution in [0.5, 0.6) is 0 Å². The zero-order valence-electron chi connectivity index (χ0n) is 11.3. The van der Waals surface area contributed by atoms with E-state index in [0.29, 0.717) is 6.54 Å². The summed E-state index contributed by atoms with van der Waals surface area (Å²) in [5.74, 6) is 0. The van der Waals surface area contributed by atoms with Crippen LogP contribution in [0.15, 0.2) is 35.3 Å². The Bertz CT molecular complexity index is 662. The molecule has 3 nitrogen and oxygen atoms in total. The normalized spacial score (nSPS) is 10.7. The highest BCUT2D eigenvalue weighted by molar-refractivity contribution is 6.31. The highest BCUT2D eigenvalue weighted by Gasteiger charge is 2.08. The molecule has 0 aliphatic rings. The van der Waals surface area contributed by atoms with Crippen LogP contribution in [-0.4, -0.2) is 11.6 Å². The molecule has 1 heterocycles. The maximum Gasteiger partial charge on any atom is 0.186 e. The predicted octanol–water partition coefficient (Wildman–Crippen LogP) is 2.83. The van der Waals surface area contributed by atoms with E-state index in [-0.39, 0.29) is 5.43 Å². The lowest BCUT2D eigenvalue weighted by Crippen LogP contribution is -2.19. The zero-order valence-corrected chi connectivity index (χ0v) is 12.1. The molecule has 0 atom stereocenters. The van der Waals surface area contributed by atoms with Crippen molar-refractivity contribution in [3.63, 3.8) is 0 Å². The second-order valence-corrected chi connectivity index (χ2v) is 5.00. The van der Waals surface area contributed by atoms with Crippen LogP contribution in [0.1, 0.15) is 16.8 Å². The first-order valence-corrected chi connectivity index (χ1v) is 6.54. The molecule has 2 aromatic rings. The van der Waals surface area contributed by atoms with E-state index in [2.05, 4.69) is 5.32 Å². The third kappa shape index (κ3) is 2.72. The van der Waals surface area contributed by atoms with E-state index in [1.807, 2.05) is 49.9 Å². The Balaban J connectivity index is 2.65. The van der Waals surface area contributed by atoms with Crippen LogP contribution in [-0.2, 0) is 6.54 Å². The Morgan fingerprint density at radius 2 is 2.05 bits per heavy atom. The van der Waals surface area contributed by atoms with Crippen molar-refractivity contribution in [1.29, 1.82) is 0 Å². The molecule has 100 valence electrons. The highest BCUT2D eigenvalue weighted by atomic mass is 35.5. The molecule has 0 aliphatic carbocycles. The van der Waals surface area contributed by atoms with Gasteiger partial charge in [-0.25, -0.2) is 0 Å². The molecule has 0 unspecified atom stereocenters. The van der Waals surface area contributed by atoms with Crippen LogP contribution in [0, 0.1) is 13.8 Å². The van der Waals surface area contributed by atoms with E-state index < -0.39 is 0 Å². The van der Waals surface area contributed by atoms with Gasteiger partial charge in [-0.3, -0.25) is 4.79 Å². The summed E-state index contributed by atoms with van der Waals surface area (Å²) in [5, 5.41) is 3.74. The maximum absolute atomic E-state index is 11.9. The molecule has 1 aromatic heterocycles. The first kappa shape index (κ1) is 13.8. The Hall–Kier alpha value is -1.58. The van der Waals surface area contributed by atoms with Crippen molar-refractivity contribution in [2.24, 2.45) is 0 Å². The number of hydrogen-bond donors (Lipinski definition) is 1. The van der Waals surface area contributed by atoms with Gasteiger partial charge in [0, 0.05) is 40.8 Å². The molecule has 0 fully saturated rings. The van der Waals surface area contributed by atoms with Crippen molar-refractivity contribution in [2.45, 2.75) is 20.4 Å². The molecule has 0 radical (unpaired) electrons. The van der Waals surface area contributed by atoms with Crippen molar-refractivity contribution < 1.29 is 0 Å². The number of aryl methyl sites for hydroxylation is 1. The lowest BCUT2D eigenvalue weighted by Gasteiger charge is -2.15. The minimum atomic E-state index is 0.0581. The lowest BCUT2D eigenvalue weighted by molar-refractivity contribution is 0.794. The monoisotopic (exact) mass is 276 g/mol. The molecule has 0 aliphatic heterocycles. The number of hydrogen-bond acceptors (Lipinski definition) is 2. The smallest absolute Gasteiger partial charge is 0.186 e. The second-order valence-electron chi connectivity index (χ2n) is 4.59. The maximum atomic E-state index is 11.9. The van der Waals surface area contributed by atoms with Gasteiger partial charge in [0.1, 0.15) is 0 Å². The number of nitrogens with zero attached hydrogens (tertiary/aromatic N) is 1. The Morgan fingerprint density at radius 1 is 1.32 bits per heavy atom. The van der Waals surface area contributed by atoms with E-state index in [0.717, 1.165) is 27.5 Å². The van der Waals surface area contributed by atoms with Crippen molar-refractivity contribution >= 4 is 11.6 Å². The zero-order chi connectivity index (χ0) is 14.0. The summed E-state index contributed by atoms with van der Waals surface area (Å²) in [7, 11) is 1.83. The summed E-state index contributed by atoms with van der Waals surface area (Å²) in [4.78, 5) is 11.9. The summed E-state index contributed by atoms with van der Waals surface area (Å²) in [6.45, 7) is 4.45. The molecule has 1 aromatic carbocycles. The number of rotatable bonds is 3. The highest BCUT2D eigenvalue weighted by Crippen LogP contribution is 2.23. The predicted molar refractivity (Wildman–Crippen MR) is 79.3 cm³/mol. The summed E-state index contributed by atoms with van der Waals surface area (Å²) in [5.41, 5.74) is 3.71. The summed E-state index contributed by atoms with van der Waals surface area (Å²) >= 11 is 6.16. The summed E-state index contributed by atoms with van der Waals surface area (Å²) in [6, 6.07) is 7.45. The van der Waals surface area contributed by atoms with Crippen LogP contribution in [0.4, 0.5) is 0 Å². The van der Waals surface area contributed by atoms with Gasteiger partial charge in [-0.05, 0) is 38.6 Å². The Kier molecular flexibility index (Phi) is 4.08. The van der Waals surface area contributed by atoms with Crippen LogP contribution in [0.3, 0.4) is 0 Å². The number of nitrogens with one attached hydrogen (secondary N) is 1. The first-order valence-electron chi connectivity index (χ1n) is 6.17. The van der Waals surface area contributed by atoms with E-state index in [4.69, 9.17) is 11.6 Å². The van der Waals surface area contributed by atoms with Crippen molar-refractivity contribution in [2.75, 3.05) is 7.05 Å². The van der Waals surface area contributed by atoms with Gasteiger partial charge in [-0.15, -0.1) is 0 Å². The number of pyridine rings is 1. The van der Waals surface area contributed by atoms with Gasteiger partial charge >= 0.3 is 0 Å². The number of benzene rings is 1. The Morgan fingerprint density at radius 3 is 2.74 bits per heavy atom. The van der Waals surface area contributed by atoms with Crippen molar-refractivity contribution in [1.82, 2.24) is 9.88 Å². The molecule has 0 saturated carbocycles. The van der Waals surface area contributed by atoms with Crippen molar-refractivity contribution in [3.05, 3.63) is 62.5 Å². The van der Waals surface area contributed by atoms with Gasteiger partial charge in [0.05, 0.1) is 0 Å². The first-order chi connectivity index (χ1) is 9.04. The fraction of sp³-hybridized carbons (Fsp3) is 0.267. The van der Waals surface area contributed by atoms with E-state index in [1.165, 1.54) is 0 Å². The molecule has 0 spiro atoms. The molecular formula is C15H17ClN2O. The SMILES string of the molecule is CNCc1cn(-c2cccc(Cl)c2C)c(C)cc1=O. The molecule has 19 heavy (non-hydrogen) atoms. The molecule has 0 bridgehead atoms. The van der Waals surface area contributed by atoms with E-state index in [9.17, 15) is 4.79 Å². The van der Waals surface area contributed by atoms with Gasteiger partial charge < -0.3 is 9.88 Å². The topological polar surface area (TPSA) is 34.0 Å². The second kappa shape index (κ2) is 5.59. The minimum absolute atomic E-state index is 0.0581. The largest absolute Gasteiger partial charge is 0.320 e. The van der Waals surface area contributed by atoms with Crippen LogP contribution in [0.2, 0.25) is 5.02 Å². The fourth-order valence-electron chi connectivity index (χ4n) is 2.11. The number of halogens is 1. The van der Waals surface area contributed by atoms with Crippen molar-refractivity contribution in [3.8, 4) is 5.69 Å². The van der Waals surface area contributed by atoms with Crippen LogP contribution >= 0.6 is 11.6 Å². The van der Waals surface area contributed by atoms with Crippen LogP contribution < -0.4 is 10.7 Å². The van der Waals surface area contributed by atoms with Crippen LogP contribution in [0.25, 0.3) is 5.69 Å². The third-order valence-corrected chi connectivity index (χ3v) is 3.60. The molecular weight excluding hydrogens is 260 g/mol. The minimum Gasteiger partial charge on any atom is -0.320 e. The molecule has 0 saturated heterocycles. The molecule has 2 rings (SSSR count). The number of aromatic nitrogens is 1. The van der Waals surface area contributed by atoms with E-state index >= 15 is 0 Å². The standard InChI is InChI=1S/C15H17ClN2O/c1-10-7-15(19)12(8-17-3)9-18(10)14-6-4-5-13(16)11(14)2/h4-7,9,17H,8H2,1-3H3.